The molecule has 0 radical (unpaired) electrons. The smallest absolute Gasteiger partial charge is 0.399 e. The van der Waals surface area contributed by atoms with Gasteiger partial charge >= 0.3 is 7.12 Å². The molecule has 1 saturated heterocycles. The van der Waals surface area contributed by atoms with E-state index in [9.17, 15) is 0 Å². The fourth-order valence-corrected chi connectivity index (χ4v) is 2.30. The molecule has 1 aliphatic heterocycles. The molecule has 3 nitrogen and oxygen atoms in total. The molecule has 98 valence electrons. The average molecular weight is 265 g/mol. The van der Waals surface area contributed by atoms with Gasteiger partial charge in [0, 0.05) is 5.69 Å². The van der Waals surface area contributed by atoms with E-state index in [-0.39, 0.29) is 18.3 Å². The van der Waals surface area contributed by atoms with Crippen molar-refractivity contribution in [2.45, 2.75) is 38.9 Å². The van der Waals surface area contributed by atoms with Crippen LogP contribution in [-0.2, 0) is 9.31 Å². The second-order valence-corrected chi connectivity index (χ2v) is 6.34. The molecule has 5 heteroatoms. The molecule has 1 heterocycles. The van der Waals surface area contributed by atoms with Gasteiger partial charge in [0.1, 0.15) is 0 Å². The van der Waals surface area contributed by atoms with Crippen molar-refractivity contribution in [2.75, 3.05) is 11.8 Å². The summed E-state index contributed by atoms with van der Waals surface area (Å²) in [4.78, 5) is 0. The Morgan fingerprint density at radius 2 is 1.50 bits per heavy atom. The second kappa shape index (κ2) is 4.84. The van der Waals surface area contributed by atoms with Gasteiger partial charge in [-0.05, 0) is 60.7 Å². The summed E-state index contributed by atoms with van der Waals surface area (Å²) in [5.41, 5.74) is 1.65. The molecule has 0 aliphatic carbocycles. The third-order valence-corrected chi connectivity index (χ3v) is 4.24. The Balaban J connectivity index is 2.14. The van der Waals surface area contributed by atoms with Crippen molar-refractivity contribution in [3.8, 4) is 0 Å². The summed E-state index contributed by atoms with van der Waals surface area (Å²) < 4.78 is 12.0. The predicted molar refractivity (Wildman–Crippen MR) is 80.0 cm³/mol. The van der Waals surface area contributed by atoms with Crippen LogP contribution in [0.4, 0.5) is 5.69 Å². The van der Waals surface area contributed by atoms with Gasteiger partial charge in [0.05, 0.1) is 11.2 Å². The number of anilines is 1. The Bertz CT molecular complexity index is 404. The van der Waals surface area contributed by atoms with Crippen LogP contribution >= 0.6 is 8.73 Å². The summed E-state index contributed by atoms with van der Waals surface area (Å²) in [5.74, 6) is 0. The summed E-state index contributed by atoms with van der Waals surface area (Å²) in [6, 6.07) is 8.25. The predicted octanol–water partition coefficient (Wildman–Crippen LogP) is 2.62. The second-order valence-electron chi connectivity index (χ2n) is 5.59. The van der Waals surface area contributed by atoms with E-state index in [1.165, 1.54) is 0 Å². The Hall–Kier alpha value is -0.565. The van der Waals surface area contributed by atoms with Gasteiger partial charge in [-0.25, -0.2) is 0 Å². The number of rotatable bonds is 3. The van der Waals surface area contributed by atoms with Crippen LogP contribution in [0.25, 0.3) is 0 Å². The third-order valence-electron chi connectivity index (χ3n) is 3.71. The van der Waals surface area contributed by atoms with Crippen LogP contribution in [0.1, 0.15) is 27.7 Å². The monoisotopic (exact) mass is 265 g/mol. The quantitative estimate of drug-likeness (QED) is 0.673. The number of hydrogen-bond acceptors (Lipinski definition) is 3. The summed E-state index contributed by atoms with van der Waals surface area (Å²) >= 11 is 0. The molecule has 0 amide bonds. The first kappa shape index (κ1) is 13.9. The molecule has 0 saturated carbocycles. The van der Waals surface area contributed by atoms with Crippen LogP contribution in [0.15, 0.2) is 24.3 Å². The van der Waals surface area contributed by atoms with E-state index in [1.807, 2.05) is 0 Å². The highest BCUT2D eigenvalue weighted by molar-refractivity contribution is 7.38. The molecule has 0 aromatic heterocycles. The van der Waals surface area contributed by atoms with E-state index >= 15 is 0 Å². The SMILES string of the molecule is CPNc1ccc(B2OC(C)(C)C(C)(C)O2)cc1. The maximum absolute atomic E-state index is 6.01. The lowest BCUT2D eigenvalue weighted by atomic mass is 9.79. The van der Waals surface area contributed by atoms with Gasteiger partial charge in [-0.2, -0.15) is 0 Å². The Morgan fingerprint density at radius 1 is 1.00 bits per heavy atom. The van der Waals surface area contributed by atoms with Crippen molar-refractivity contribution in [1.29, 1.82) is 0 Å². The summed E-state index contributed by atoms with van der Waals surface area (Å²) in [6.07, 6.45) is 0. The van der Waals surface area contributed by atoms with Crippen molar-refractivity contribution in [1.82, 2.24) is 0 Å². The lowest BCUT2D eigenvalue weighted by Gasteiger charge is -2.32. The van der Waals surface area contributed by atoms with Crippen LogP contribution in [-0.4, -0.2) is 25.0 Å². The zero-order valence-electron chi connectivity index (χ0n) is 11.7. The molecule has 18 heavy (non-hydrogen) atoms. The summed E-state index contributed by atoms with van der Waals surface area (Å²) in [7, 11) is 0.438. The average Bonchev–Trinajstić information content (AvgIpc) is 2.50. The Labute approximate surface area is 112 Å². The minimum atomic E-state index is -0.278. The van der Waals surface area contributed by atoms with E-state index in [0.717, 1.165) is 11.2 Å². The minimum Gasteiger partial charge on any atom is -0.399 e. The summed E-state index contributed by atoms with van der Waals surface area (Å²) in [6.45, 7) is 10.4. The zero-order valence-corrected chi connectivity index (χ0v) is 12.7. The van der Waals surface area contributed by atoms with E-state index < -0.39 is 0 Å². The van der Waals surface area contributed by atoms with Gasteiger partial charge in [-0.15, -0.1) is 0 Å². The van der Waals surface area contributed by atoms with Crippen molar-refractivity contribution >= 4 is 27.0 Å². The highest BCUT2D eigenvalue weighted by Crippen LogP contribution is 2.36. The molecule has 1 fully saturated rings. The fourth-order valence-electron chi connectivity index (χ4n) is 1.85. The highest BCUT2D eigenvalue weighted by atomic mass is 31.1. The molecule has 0 spiro atoms. The largest absolute Gasteiger partial charge is 0.494 e. The molecule has 2 rings (SSSR count). The normalized spacial score (nSPS) is 21.7. The molecule has 1 atom stereocenters. The van der Waals surface area contributed by atoms with Crippen molar-refractivity contribution in [2.24, 2.45) is 0 Å². The van der Waals surface area contributed by atoms with E-state index in [1.54, 1.807) is 0 Å². The minimum absolute atomic E-state index is 0.270. The van der Waals surface area contributed by atoms with Gasteiger partial charge < -0.3 is 14.4 Å². The van der Waals surface area contributed by atoms with Crippen LogP contribution < -0.4 is 10.6 Å². The summed E-state index contributed by atoms with van der Waals surface area (Å²) in [5, 5.41) is 3.30. The molecule has 0 bridgehead atoms. The topological polar surface area (TPSA) is 30.5 Å². The Morgan fingerprint density at radius 3 is 1.94 bits per heavy atom. The first-order valence-electron chi connectivity index (χ1n) is 6.24. The van der Waals surface area contributed by atoms with Crippen molar-refractivity contribution in [3.63, 3.8) is 0 Å². The fraction of sp³-hybridized carbons (Fsp3) is 0.538. The molecule has 1 unspecified atom stereocenters. The van der Waals surface area contributed by atoms with Crippen LogP contribution in [0, 0.1) is 0 Å². The molecule has 1 N–H and O–H groups in total. The van der Waals surface area contributed by atoms with Crippen molar-refractivity contribution in [3.05, 3.63) is 24.3 Å². The number of benzene rings is 1. The number of hydrogen-bond donors (Lipinski definition) is 1. The van der Waals surface area contributed by atoms with E-state index in [4.69, 9.17) is 9.31 Å². The molecule has 1 aromatic carbocycles. The number of nitrogens with one attached hydrogen (secondary N) is 1. The highest BCUT2D eigenvalue weighted by Gasteiger charge is 2.51. The molecule has 1 aliphatic rings. The zero-order chi connectivity index (χ0) is 13.4. The Kier molecular flexibility index (Phi) is 3.73. The van der Waals surface area contributed by atoms with Gasteiger partial charge in [-0.1, -0.05) is 12.1 Å². The van der Waals surface area contributed by atoms with Gasteiger partial charge in [0.15, 0.2) is 0 Å². The molecular formula is C13H21BNO2P. The van der Waals surface area contributed by atoms with Crippen molar-refractivity contribution < 1.29 is 9.31 Å². The van der Waals surface area contributed by atoms with E-state index in [0.29, 0.717) is 8.73 Å². The first-order chi connectivity index (χ1) is 8.36. The molecular weight excluding hydrogens is 244 g/mol. The van der Waals surface area contributed by atoms with Crippen LogP contribution in [0.5, 0.6) is 0 Å². The van der Waals surface area contributed by atoms with Crippen LogP contribution in [0.2, 0.25) is 0 Å². The van der Waals surface area contributed by atoms with Gasteiger partial charge in [0.25, 0.3) is 0 Å². The maximum Gasteiger partial charge on any atom is 0.494 e. The maximum atomic E-state index is 6.01. The third kappa shape index (κ3) is 2.56. The molecule has 1 aromatic rings. The lowest BCUT2D eigenvalue weighted by molar-refractivity contribution is 0.00578. The first-order valence-corrected chi connectivity index (χ1v) is 7.74. The van der Waals surface area contributed by atoms with Gasteiger partial charge in [0.2, 0.25) is 0 Å². The van der Waals surface area contributed by atoms with Gasteiger partial charge in [-0.3, -0.25) is 0 Å². The van der Waals surface area contributed by atoms with Crippen LogP contribution in [0.3, 0.4) is 0 Å². The lowest BCUT2D eigenvalue weighted by Crippen LogP contribution is -2.41. The van der Waals surface area contributed by atoms with E-state index in [2.05, 4.69) is 63.7 Å². The standard InChI is InChI=1S/C13H21BNO2P/c1-12(2)13(3,4)17-14(16-12)10-6-8-11(9-7-10)15-18-5/h6-9,15,18H,1-5H3.